The molecule has 0 aliphatic heterocycles. The van der Waals surface area contributed by atoms with Crippen LogP contribution in [0.5, 0.6) is 0 Å². The lowest BCUT2D eigenvalue weighted by Gasteiger charge is -2.10. The highest BCUT2D eigenvalue weighted by atomic mass is 16.5. The molecule has 0 aliphatic rings. The molecular weight excluding hydrogens is 198 g/mol. The van der Waals surface area contributed by atoms with Crippen molar-refractivity contribution in [2.75, 3.05) is 33.5 Å². The molecule has 0 spiro atoms. The Morgan fingerprint density at radius 1 is 1.20 bits per heavy atom. The third kappa shape index (κ3) is 8.35. The van der Waals surface area contributed by atoms with Gasteiger partial charge in [-0.1, -0.05) is 13.8 Å². The Morgan fingerprint density at radius 2 is 1.73 bits per heavy atom. The van der Waals surface area contributed by atoms with Crippen molar-refractivity contribution in [3.05, 3.63) is 0 Å². The van der Waals surface area contributed by atoms with Crippen LogP contribution in [0.2, 0.25) is 0 Å². The van der Waals surface area contributed by atoms with Crippen LogP contribution in [-0.4, -0.2) is 45.5 Å². The molecule has 15 heavy (non-hydrogen) atoms. The van der Waals surface area contributed by atoms with E-state index in [1.165, 1.54) is 7.11 Å². The second kappa shape index (κ2) is 8.64. The van der Waals surface area contributed by atoms with Crippen molar-refractivity contribution < 1.29 is 19.0 Å². The molecule has 5 heteroatoms. The van der Waals surface area contributed by atoms with Crippen LogP contribution in [0.15, 0.2) is 0 Å². The Morgan fingerprint density at radius 3 is 2.20 bits per heavy atom. The number of ether oxygens (including phenoxy) is 3. The van der Waals surface area contributed by atoms with Gasteiger partial charge in [0.1, 0.15) is 6.04 Å². The summed E-state index contributed by atoms with van der Waals surface area (Å²) in [6, 6.07) is -0.708. The molecule has 0 aromatic carbocycles. The van der Waals surface area contributed by atoms with Crippen LogP contribution in [0.1, 0.15) is 13.8 Å². The monoisotopic (exact) mass is 219 g/mol. The van der Waals surface area contributed by atoms with Gasteiger partial charge in [-0.25, -0.2) is 0 Å². The van der Waals surface area contributed by atoms with Crippen molar-refractivity contribution in [3.63, 3.8) is 0 Å². The van der Waals surface area contributed by atoms with Gasteiger partial charge in [0.25, 0.3) is 0 Å². The van der Waals surface area contributed by atoms with E-state index in [0.717, 1.165) is 0 Å². The van der Waals surface area contributed by atoms with Gasteiger partial charge in [-0.2, -0.15) is 0 Å². The maximum Gasteiger partial charge on any atom is 0.325 e. The number of nitrogens with two attached hydrogens (primary N) is 1. The molecule has 0 fully saturated rings. The molecule has 90 valence electrons. The first-order valence-electron chi connectivity index (χ1n) is 5.06. The van der Waals surface area contributed by atoms with E-state index in [-0.39, 0.29) is 6.61 Å². The van der Waals surface area contributed by atoms with Crippen LogP contribution in [0.4, 0.5) is 0 Å². The first-order chi connectivity index (χ1) is 7.07. The van der Waals surface area contributed by atoms with Crippen molar-refractivity contribution >= 4 is 5.97 Å². The van der Waals surface area contributed by atoms with Gasteiger partial charge < -0.3 is 19.9 Å². The number of carbonyl (C=O) groups is 1. The topological polar surface area (TPSA) is 70.8 Å². The fourth-order valence-corrected chi connectivity index (χ4v) is 0.867. The van der Waals surface area contributed by atoms with E-state index in [2.05, 4.69) is 18.6 Å². The van der Waals surface area contributed by atoms with Crippen molar-refractivity contribution in [1.29, 1.82) is 0 Å². The van der Waals surface area contributed by atoms with E-state index in [4.69, 9.17) is 15.2 Å². The minimum Gasteiger partial charge on any atom is -0.468 e. The molecule has 1 unspecified atom stereocenters. The summed E-state index contributed by atoms with van der Waals surface area (Å²) in [5.41, 5.74) is 5.45. The molecule has 1 atom stereocenters. The molecule has 0 saturated carbocycles. The van der Waals surface area contributed by atoms with E-state index in [0.29, 0.717) is 25.7 Å². The van der Waals surface area contributed by atoms with E-state index in [1.807, 2.05) is 0 Å². The highest BCUT2D eigenvalue weighted by Crippen LogP contribution is 1.92. The third-order valence-corrected chi connectivity index (χ3v) is 1.62. The minimum atomic E-state index is -0.708. The summed E-state index contributed by atoms with van der Waals surface area (Å²) in [6.45, 7) is 6.00. The van der Waals surface area contributed by atoms with Gasteiger partial charge >= 0.3 is 5.97 Å². The Bertz CT molecular complexity index is 173. The SMILES string of the molecule is COC(=O)C(N)COCCOCC(C)C. The summed E-state index contributed by atoms with van der Waals surface area (Å²) in [4.78, 5) is 10.9. The summed E-state index contributed by atoms with van der Waals surface area (Å²) in [6.07, 6.45) is 0. The maximum absolute atomic E-state index is 10.9. The molecule has 5 nitrogen and oxygen atoms in total. The van der Waals surface area contributed by atoms with E-state index in [1.54, 1.807) is 0 Å². The average molecular weight is 219 g/mol. The van der Waals surface area contributed by atoms with Gasteiger partial charge in [0, 0.05) is 6.61 Å². The van der Waals surface area contributed by atoms with Crippen molar-refractivity contribution in [1.82, 2.24) is 0 Å². The van der Waals surface area contributed by atoms with Gasteiger partial charge in [-0.15, -0.1) is 0 Å². The smallest absolute Gasteiger partial charge is 0.325 e. The Labute approximate surface area is 90.9 Å². The molecule has 0 amide bonds. The van der Waals surface area contributed by atoms with Crippen molar-refractivity contribution in [2.24, 2.45) is 11.7 Å². The largest absolute Gasteiger partial charge is 0.468 e. The predicted octanol–water partition coefficient (Wildman–Crippen LogP) is 0.176. The average Bonchev–Trinajstić information content (AvgIpc) is 2.21. The first-order valence-corrected chi connectivity index (χ1v) is 5.06. The van der Waals surface area contributed by atoms with Crippen LogP contribution >= 0.6 is 0 Å². The number of hydrogen-bond donors (Lipinski definition) is 1. The van der Waals surface area contributed by atoms with Gasteiger partial charge in [0.15, 0.2) is 0 Å². The molecule has 0 saturated heterocycles. The van der Waals surface area contributed by atoms with Crippen LogP contribution in [0, 0.1) is 5.92 Å². The van der Waals surface area contributed by atoms with Gasteiger partial charge in [0.05, 0.1) is 26.9 Å². The van der Waals surface area contributed by atoms with E-state index in [9.17, 15) is 4.79 Å². The molecule has 0 aromatic rings. The number of rotatable bonds is 8. The maximum atomic E-state index is 10.9. The zero-order valence-corrected chi connectivity index (χ0v) is 9.69. The molecule has 0 aromatic heterocycles. The molecule has 0 aliphatic carbocycles. The first kappa shape index (κ1) is 14.3. The lowest BCUT2D eigenvalue weighted by molar-refractivity contribution is -0.143. The number of hydrogen-bond acceptors (Lipinski definition) is 5. The zero-order valence-electron chi connectivity index (χ0n) is 9.69. The quantitative estimate of drug-likeness (QED) is 0.465. The number of esters is 1. The van der Waals surface area contributed by atoms with E-state index < -0.39 is 12.0 Å². The number of methoxy groups -OCH3 is 1. The molecule has 2 N–H and O–H groups in total. The second-order valence-electron chi connectivity index (χ2n) is 3.67. The van der Waals surface area contributed by atoms with Crippen molar-refractivity contribution in [2.45, 2.75) is 19.9 Å². The summed E-state index contributed by atoms with van der Waals surface area (Å²) < 4.78 is 14.9. The Balaban J connectivity index is 3.27. The fraction of sp³-hybridized carbons (Fsp3) is 0.900. The Kier molecular flexibility index (Phi) is 8.27. The minimum absolute atomic E-state index is 0.164. The van der Waals surface area contributed by atoms with Gasteiger partial charge in [0.2, 0.25) is 0 Å². The highest BCUT2D eigenvalue weighted by molar-refractivity contribution is 5.75. The molecule has 0 heterocycles. The van der Waals surface area contributed by atoms with Gasteiger partial charge in [-0.05, 0) is 5.92 Å². The fourth-order valence-electron chi connectivity index (χ4n) is 0.867. The molecular formula is C10H21NO4. The molecule has 0 rings (SSSR count). The van der Waals surface area contributed by atoms with E-state index >= 15 is 0 Å². The van der Waals surface area contributed by atoms with Crippen LogP contribution < -0.4 is 5.73 Å². The van der Waals surface area contributed by atoms with Gasteiger partial charge in [-0.3, -0.25) is 4.79 Å². The number of carbonyl (C=O) groups excluding carboxylic acids is 1. The molecule has 0 bridgehead atoms. The highest BCUT2D eigenvalue weighted by Gasteiger charge is 2.12. The lowest BCUT2D eigenvalue weighted by Crippen LogP contribution is -2.36. The third-order valence-electron chi connectivity index (χ3n) is 1.62. The Hall–Kier alpha value is -0.650. The molecule has 0 radical (unpaired) electrons. The second-order valence-corrected chi connectivity index (χ2v) is 3.67. The normalized spacial score (nSPS) is 12.9. The standard InChI is InChI=1S/C10H21NO4/c1-8(2)6-14-4-5-15-7-9(11)10(12)13-3/h8-9H,4-7,11H2,1-3H3. The van der Waals surface area contributed by atoms with Crippen molar-refractivity contribution in [3.8, 4) is 0 Å². The van der Waals surface area contributed by atoms with Crippen LogP contribution in [0.25, 0.3) is 0 Å². The summed E-state index contributed by atoms with van der Waals surface area (Å²) in [5.74, 6) is 0.0559. The summed E-state index contributed by atoms with van der Waals surface area (Å²) >= 11 is 0. The van der Waals surface area contributed by atoms with Crippen LogP contribution in [-0.2, 0) is 19.0 Å². The lowest BCUT2D eigenvalue weighted by atomic mass is 10.2. The zero-order chi connectivity index (χ0) is 11.7. The van der Waals surface area contributed by atoms with Crippen LogP contribution in [0.3, 0.4) is 0 Å². The summed E-state index contributed by atoms with van der Waals surface area (Å²) in [7, 11) is 1.30. The summed E-state index contributed by atoms with van der Waals surface area (Å²) in [5, 5.41) is 0. The predicted molar refractivity (Wildman–Crippen MR) is 56.5 cm³/mol.